The maximum atomic E-state index is 12.6. The first kappa shape index (κ1) is 15.3. The minimum absolute atomic E-state index is 0.0355. The van der Waals surface area contributed by atoms with Crippen LogP contribution in [0.15, 0.2) is 42.5 Å². The Labute approximate surface area is 122 Å². The molecule has 0 radical (unpaired) electrons. The molecule has 2 aromatic carbocycles. The number of halogens is 3. The summed E-state index contributed by atoms with van der Waals surface area (Å²) in [5.74, 6) is 0. The molecule has 0 atom stereocenters. The Morgan fingerprint density at radius 1 is 1.18 bits per heavy atom. The summed E-state index contributed by atoms with van der Waals surface area (Å²) < 4.78 is 37.9. The zero-order chi connectivity index (χ0) is 16.3. The highest BCUT2D eigenvalue weighted by molar-refractivity contribution is 5.68. The summed E-state index contributed by atoms with van der Waals surface area (Å²) in [6.07, 6.45) is -4.48. The number of nitrogens with zero attached hydrogens (tertiary/aromatic N) is 2. The van der Waals surface area contributed by atoms with E-state index in [9.17, 15) is 23.3 Å². The van der Waals surface area contributed by atoms with E-state index in [1.54, 1.807) is 6.07 Å². The largest absolute Gasteiger partial charge is 0.416 e. The molecule has 0 aromatic heterocycles. The summed E-state index contributed by atoms with van der Waals surface area (Å²) in [5, 5.41) is 22.3. The maximum Gasteiger partial charge on any atom is 0.416 e. The van der Waals surface area contributed by atoms with Gasteiger partial charge in [0.1, 0.15) is 6.07 Å². The number of hydrogen-bond donors (Lipinski definition) is 1. The van der Waals surface area contributed by atoms with Crippen molar-refractivity contribution in [3.05, 3.63) is 63.7 Å². The molecule has 112 valence electrons. The van der Waals surface area contributed by atoms with Gasteiger partial charge in [-0.15, -0.1) is 0 Å². The number of alkyl halides is 3. The minimum atomic E-state index is -4.48. The van der Waals surface area contributed by atoms with Crippen LogP contribution in [0.5, 0.6) is 0 Å². The molecule has 0 aliphatic rings. The van der Waals surface area contributed by atoms with Crippen LogP contribution < -0.4 is 5.32 Å². The van der Waals surface area contributed by atoms with Crippen LogP contribution in [-0.4, -0.2) is 4.92 Å². The van der Waals surface area contributed by atoms with E-state index >= 15 is 0 Å². The fourth-order valence-corrected chi connectivity index (χ4v) is 1.78. The van der Waals surface area contributed by atoms with Crippen LogP contribution in [0.2, 0.25) is 0 Å². The van der Waals surface area contributed by atoms with Crippen molar-refractivity contribution in [2.75, 3.05) is 5.32 Å². The molecule has 0 spiro atoms. The molecular weight excluding hydrogens is 299 g/mol. The Morgan fingerprint density at radius 3 is 2.50 bits per heavy atom. The van der Waals surface area contributed by atoms with Crippen molar-refractivity contribution in [1.29, 1.82) is 5.26 Å². The second-order valence-corrected chi connectivity index (χ2v) is 4.30. The summed E-state index contributed by atoms with van der Waals surface area (Å²) in [6, 6.07) is 9.70. The molecule has 0 saturated carbocycles. The van der Waals surface area contributed by atoms with Gasteiger partial charge in [0.25, 0.3) is 5.69 Å². The second kappa shape index (κ2) is 5.73. The van der Waals surface area contributed by atoms with Crippen molar-refractivity contribution in [2.45, 2.75) is 6.18 Å². The summed E-state index contributed by atoms with van der Waals surface area (Å²) in [5.41, 5.74) is -0.830. The minimum Gasteiger partial charge on any atom is -0.354 e. The van der Waals surface area contributed by atoms with Crippen molar-refractivity contribution < 1.29 is 18.1 Å². The zero-order valence-corrected chi connectivity index (χ0v) is 10.9. The second-order valence-electron chi connectivity index (χ2n) is 4.30. The summed E-state index contributed by atoms with van der Waals surface area (Å²) in [6.45, 7) is 0. The van der Waals surface area contributed by atoms with E-state index in [1.165, 1.54) is 18.2 Å². The van der Waals surface area contributed by atoms with E-state index in [4.69, 9.17) is 5.26 Å². The van der Waals surface area contributed by atoms with Gasteiger partial charge in [-0.2, -0.15) is 18.4 Å². The molecule has 0 fully saturated rings. The predicted molar refractivity (Wildman–Crippen MR) is 72.5 cm³/mol. The topological polar surface area (TPSA) is 79.0 Å². The molecule has 0 aliphatic heterocycles. The highest BCUT2D eigenvalue weighted by Gasteiger charge is 2.30. The van der Waals surface area contributed by atoms with Gasteiger partial charge in [0, 0.05) is 17.8 Å². The fourth-order valence-electron chi connectivity index (χ4n) is 1.78. The van der Waals surface area contributed by atoms with Crippen LogP contribution in [0.25, 0.3) is 0 Å². The molecule has 0 unspecified atom stereocenters. The highest BCUT2D eigenvalue weighted by atomic mass is 19.4. The number of nitrogens with one attached hydrogen (secondary N) is 1. The van der Waals surface area contributed by atoms with Crippen molar-refractivity contribution in [3.8, 4) is 6.07 Å². The lowest BCUT2D eigenvalue weighted by Crippen LogP contribution is -2.05. The summed E-state index contributed by atoms with van der Waals surface area (Å²) in [7, 11) is 0. The Morgan fingerprint density at radius 2 is 1.91 bits per heavy atom. The number of nitro benzene ring substituents is 1. The van der Waals surface area contributed by atoms with Crippen molar-refractivity contribution in [1.82, 2.24) is 0 Å². The number of non-ortho nitro benzene ring substituents is 1. The van der Waals surface area contributed by atoms with Gasteiger partial charge in [-0.25, -0.2) is 0 Å². The molecule has 0 bridgehead atoms. The van der Waals surface area contributed by atoms with Gasteiger partial charge in [0.15, 0.2) is 0 Å². The molecule has 0 amide bonds. The molecule has 2 aromatic rings. The smallest absolute Gasteiger partial charge is 0.354 e. The average molecular weight is 307 g/mol. The lowest BCUT2D eigenvalue weighted by Gasteiger charge is -2.11. The van der Waals surface area contributed by atoms with Gasteiger partial charge >= 0.3 is 6.18 Å². The molecule has 8 heteroatoms. The zero-order valence-electron chi connectivity index (χ0n) is 10.9. The number of hydrogen-bond acceptors (Lipinski definition) is 4. The van der Waals surface area contributed by atoms with Crippen LogP contribution in [0.1, 0.15) is 11.1 Å². The number of nitro groups is 1. The molecule has 0 heterocycles. The van der Waals surface area contributed by atoms with Gasteiger partial charge < -0.3 is 5.32 Å². The average Bonchev–Trinajstić information content (AvgIpc) is 2.47. The fraction of sp³-hybridized carbons (Fsp3) is 0.0714. The van der Waals surface area contributed by atoms with Crippen molar-refractivity contribution >= 4 is 17.1 Å². The lowest BCUT2D eigenvalue weighted by atomic mass is 10.1. The summed E-state index contributed by atoms with van der Waals surface area (Å²) in [4.78, 5) is 9.99. The molecule has 5 nitrogen and oxygen atoms in total. The van der Waals surface area contributed by atoms with Crippen molar-refractivity contribution in [2.24, 2.45) is 0 Å². The van der Waals surface area contributed by atoms with Crippen LogP contribution in [0.3, 0.4) is 0 Å². The first-order chi connectivity index (χ1) is 10.3. The number of rotatable bonds is 3. The Kier molecular flexibility index (Phi) is 3.99. The maximum absolute atomic E-state index is 12.6. The third kappa shape index (κ3) is 3.32. The normalized spacial score (nSPS) is 10.8. The SMILES string of the molecule is N#Cc1cc([N+](=O)[O-])ccc1Nc1cccc(C(F)(F)F)c1. The Hall–Kier alpha value is -3.08. The van der Waals surface area contributed by atoms with E-state index in [2.05, 4.69) is 5.32 Å². The van der Waals surface area contributed by atoms with Crippen molar-refractivity contribution in [3.63, 3.8) is 0 Å². The predicted octanol–water partition coefficient (Wildman–Crippen LogP) is 4.23. The van der Waals surface area contributed by atoms with E-state index in [-0.39, 0.29) is 22.6 Å². The Bertz CT molecular complexity index is 767. The quantitative estimate of drug-likeness (QED) is 0.680. The monoisotopic (exact) mass is 307 g/mol. The van der Waals surface area contributed by atoms with Crippen LogP contribution in [-0.2, 0) is 6.18 Å². The number of anilines is 2. The van der Waals surface area contributed by atoms with E-state index in [1.807, 2.05) is 0 Å². The highest BCUT2D eigenvalue weighted by Crippen LogP contribution is 2.32. The third-order valence-electron chi connectivity index (χ3n) is 2.80. The molecular formula is C14H8F3N3O2. The van der Waals surface area contributed by atoms with E-state index in [0.717, 1.165) is 24.3 Å². The number of nitriles is 1. The Balaban J connectivity index is 2.36. The number of benzene rings is 2. The molecule has 0 aliphatic carbocycles. The van der Waals surface area contributed by atoms with E-state index in [0.29, 0.717) is 0 Å². The van der Waals surface area contributed by atoms with Gasteiger partial charge in [-0.05, 0) is 24.3 Å². The standard InChI is InChI=1S/C14H8F3N3O2/c15-14(16,17)10-2-1-3-11(7-10)19-13-5-4-12(20(21)22)6-9(13)8-18/h1-7,19H. The molecule has 22 heavy (non-hydrogen) atoms. The van der Waals surface area contributed by atoms with Crippen LogP contribution >= 0.6 is 0 Å². The third-order valence-corrected chi connectivity index (χ3v) is 2.80. The van der Waals surface area contributed by atoms with Crippen LogP contribution in [0, 0.1) is 21.4 Å². The molecule has 0 saturated heterocycles. The van der Waals surface area contributed by atoms with Gasteiger partial charge in [0.05, 0.1) is 21.7 Å². The van der Waals surface area contributed by atoms with Gasteiger partial charge in [0.2, 0.25) is 0 Å². The molecule has 1 N–H and O–H groups in total. The first-order valence-corrected chi connectivity index (χ1v) is 5.94. The summed E-state index contributed by atoms with van der Waals surface area (Å²) >= 11 is 0. The first-order valence-electron chi connectivity index (χ1n) is 5.94. The van der Waals surface area contributed by atoms with E-state index < -0.39 is 16.7 Å². The lowest BCUT2D eigenvalue weighted by molar-refractivity contribution is -0.384. The molecule has 2 rings (SSSR count). The van der Waals surface area contributed by atoms with Gasteiger partial charge in [-0.1, -0.05) is 6.07 Å². The van der Waals surface area contributed by atoms with Crippen LogP contribution in [0.4, 0.5) is 30.2 Å². The van der Waals surface area contributed by atoms with Gasteiger partial charge in [-0.3, -0.25) is 10.1 Å².